The number of aromatic nitrogens is 3. The summed E-state index contributed by atoms with van der Waals surface area (Å²) in [5.41, 5.74) is 5.24. The quantitative estimate of drug-likeness (QED) is 0.383. The van der Waals surface area contributed by atoms with Crippen LogP contribution in [0.5, 0.6) is 0 Å². The molecule has 178 valence electrons. The van der Waals surface area contributed by atoms with Crippen molar-refractivity contribution in [1.29, 1.82) is 0 Å². The van der Waals surface area contributed by atoms with Crippen LogP contribution in [0.1, 0.15) is 30.9 Å². The zero-order valence-electron chi connectivity index (χ0n) is 20.3. The van der Waals surface area contributed by atoms with Gasteiger partial charge in [0.25, 0.3) is 0 Å². The summed E-state index contributed by atoms with van der Waals surface area (Å²) in [5, 5.41) is 21.0. The van der Waals surface area contributed by atoms with Crippen LogP contribution in [0.4, 0.5) is 23.3 Å². The van der Waals surface area contributed by atoms with Crippen LogP contribution in [0.25, 0.3) is 16.7 Å². The molecule has 9 heteroatoms. The van der Waals surface area contributed by atoms with Gasteiger partial charge in [-0.05, 0) is 62.8 Å². The molecule has 8 nitrogen and oxygen atoms in total. The van der Waals surface area contributed by atoms with E-state index in [0.29, 0.717) is 11.9 Å². The van der Waals surface area contributed by atoms with E-state index in [2.05, 4.69) is 67.3 Å². The van der Waals surface area contributed by atoms with Crippen LogP contribution in [0, 0.1) is 19.8 Å². The maximum Gasteiger partial charge on any atom is 0.226 e. The third-order valence-corrected chi connectivity index (χ3v) is 7.16. The van der Waals surface area contributed by atoms with E-state index in [4.69, 9.17) is 9.97 Å². The zero-order chi connectivity index (χ0) is 23.9. The molecule has 0 radical (unpaired) electrons. The molecular formula is C24H34BrN7O. The molecule has 1 aliphatic heterocycles. The Bertz CT molecular complexity index is 1140. The summed E-state index contributed by atoms with van der Waals surface area (Å²) in [6.45, 7) is 7.84. The minimum absolute atomic E-state index is 0.279. The van der Waals surface area contributed by atoms with Crippen molar-refractivity contribution in [2.45, 2.75) is 39.7 Å². The number of halogens is 1. The molecule has 0 aliphatic carbocycles. The SMILES string of the molecule is CNc1nc(N2CCC(C(C)O)CC2)c2c(NC)c(NC)n(-c3c(C)cc(Br)cc3C)c2n1. The van der Waals surface area contributed by atoms with Crippen LogP contribution in [0.3, 0.4) is 0 Å². The molecule has 1 saturated heterocycles. The van der Waals surface area contributed by atoms with E-state index in [9.17, 15) is 5.11 Å². The van der Waals surface area contributed by atoms with E-state index in [1.807, 2.05) is 28.1 Å². The van der Waals surface area contributed by atoms with E-state index in [0.717, 1.165) is 75.6 Å². The molecule has 1 aromatic carbocycles. The minimum Gasteiger partial charge on any atom is -0.393 e. The summed E-state index contributed by atoms with van der Waals surface area (Å²) in [6.07, 6.45) is 1.60. The Balaban J connectivity index is 1.99. The first-order valence-corrected chi connectivity index (χ1v) is 12.3. The van der Waals surface area contributed by atoms with Gasteiger partial charge in [-0.25, -0.2) is 0 Å². The molecule has 4 rings (SSSR count). The molecule has 3 heterocycles. The highest BCUT2D eigenvalue weighted by Gasteiger charge is 2.29. The minimum atomic E-state index is -0.279. The lowest BCUT2D eigenvalue weighted by molar-refractivity contribution is 0.110. The van der Waals surface area contributed by atoms with Crippen molar-refractivity contribution in [3.05, 3.63) is 27.7 Å². The zero-order valence-corrected chi connectivity index (χ0v) is 21.8. The Morgan fingerprint density at radius 2 is 1.67 bits per heavy atom. The lowest BCUT2D eigenvalue weighted by Crippen LogP contribution is -2.37. The van der Waals surface area contributed by atoms with Gasteiger partial charge in [0.15, 0.2) is 5.65 Å². The fourth-order valence-electron chi connectivity index (χ4n) is 5.05. The number of aliphatic hydroxyl groups excluding tert-OH is 1. The largest absolute Gasteiger partial charge is 0.393 e. The van der Waals surface area contributed by atoms with Gasteiger partial charge in [-0.3, -0.25) is 4.57 Å². The number of aliphatic hydroxyl groups is 1. The Morgan fingerprint density at radius 3 is 2.18 bits per heavy atom. The molecule has 3 aromatic rings. The molecule has 33 heavy (non-hydrogen) atoms. The number of hydrogen-bond acceptors (Lipinski definition) is 7. The summed E-state index contributed by atoms with van der Waals surface area (Å²) in [4.78, 5) is 12.2. The Labute approximate surface area is 203 Å². The van der Waals surface area contributed by atoms with Crippen molar-refractivity contribution < 1.29 is 5.11 Å². The van der Waals surface area contributed by atoms with E-state index in [-0.39, 0.29) is 6.10 Å². The van der Waals surface area contributed by atoms with Crippen molar-refractivity contribution in [2.24, 2.45) is 5.92 Å². The van der Waals surface area contributed by atoms with Gasteiger partial charge in [0.05, 0.1) is 22.9 Å². The van der Waals surface area contributed by atoms with Gasteiger partial charge in [-0.2, -0.15) is 9.97 Å². The topological polar surface area (TPSA) is 90.3 Å². The first-order valence-electron chi connectivity index (χ1n) is 11.5. The van der Waals surface area contributed by atoms with E-state index >= 15 is 0 Å². The standard InChI is InChI=1S/C24H34BrN7O/c1-13-11-17(25)12-14(2)20(13)32-22-18(19(26-4)23(32)27-5)21(29-24(28-6)30-22)31-9-7-16(8-10-31)15(3)33/h11-12,15-16,26-27,33H,7-10H2,1-6H3,(H,28,29,30). The lowest BCUT2D eigenvalue weighted by atomic mass is 9.92. The summed E-state index contributed by atoms with van der Waals surface area (Å²) >= 11 is 3.63. The Hall–Kier alpha value is -2.52. The molecular weight excluding hydrogens is 482 g/mol. The van der Waals surface area contributed by atoms with Crippen LogP contribution in [-0.4, -0.2) is 60.0 Å². The van der Waals surface area contributed by atoms with Gasteiger partial charge in [0.1, 0.15) is 11.6 Å². The van der Waals surface area contributed by atoms with Gasteiger partial charge in [-0.1, -0.05) is 15.9 Å². The highest BCUT2D eigenvalue weighted by Crippen LogP contribution is 2.43. The van der Waals surface area contributed by atoms with Crippen LogP contribution in [0.15, 0.2) is 16.6 Å². The fourth-order valence-corrected chi connectivity index (χ4v) is 5.73. The summed E-state index contributed by atoms with van der Waals surface area (Å²) in [7, 11) is 5.73. The van der Waals surface area contributed by atoms with Crippen molar-refractivity contribution in [3.8, 4) is 5.69 Å². The van der Waals surface area contributed by atoms with Crippen LogP contribution >= 0.6 is 15.9 Å². The second-order valence-electron chi connectivity index (χ2n) is 8.83. The molecule has 1 fully saturated rings. The number of benzene rings is 1. The Kier molecular flexibility index (Phi) is 6.72. The average Bonchev–Trinajstić information content (AvgIpc) is 3.11. The lowest BCUT2D eigenvalue weighted by Gasteiger charge is -2.34. The third kappa shape index (κ3) is 4.12. The van der Waals surface area contributed by atoms with Gasteiger partial charge >= 0.3 is 0 Å². The number of fused-ring (bicyclic) bond motifs is 1. The number of rotatable bonds is 6. The monoisotopic (exact) mass is 515 g/mol. The first-order chi connectivity index (χ1) is 15.8. The number of anilines is 4. The molecule has 0 amide bonds. The van der Waals surface area contributed by atoms with Crippen LogP contribution in [-0.2, 0) is 0 Å². The van der Waals surface area contributed by atoms with E-state index in [1.165, 1.54) is 0 Å². The number of nitrogens with zero attached hydrogens (tertiary/aromatic N) is 4. The Morgan fingerprint density at radius 1 is 1.03 bits per heavy atom. The summed E-state index contributed by atoms with van der Waals surface area (Å²) in [6, 6.07) is 4.27. The predicted molar refractivity (Wildman–Crippen MR) is 141 cm³/mol. The van der Waals surface area contributed by atoms with Crippen LogP contribution < -0.4 is 20.9 Å². The number of hydrogen-bond donors (Lipinski definition) is 4. The van der Waals surface area contributed by atoms with Crippen molar-refractivity contribution in [3.63, 3.8) is 0 Å². The molecule has 1 aliphatic rings. The molecule has 2 aromatic heterocycles. The van der Waals surface area contributed by atoms with Crippen LogP contribution in [0.2, 0.25) is 0 Å². The molecule has 1 atom stereocenters. The third-order valence-electron chi connectivity index (χ3n) is 6.70. The smallest absolute Gasteiger partial charge is 0.226 e. The normalized spacial score (nSPS) is 15.7. The first kappa shape index (κ1) is 23.6. The second-order valence-corrected chi connectivity index (χ2v) is 9.75. The molecule has 4 N–H and O–H groups in total. The fraction of sp³-hybridized carbons (Fsp3) is 0.500. The van der Waals surface area contributed by atoms with Gasteiger partial charge in [0.2, 0.25) is 5.95 Å². The highest BCUT2D eigenvalue weighted by molar-refractivity contribution is 9.10. The number of piperidine rings is 1. The highest BCUT2D eigenvalue weighted by atomic mass is 79.9. The average molecular weight is 516 g/mol. The van der Waals surface area contributed by atoms with Crippen molar-refractivity contribution >= 4 is 50.2 Å². The molecule has 1 unspecified atom stereocenters. The van der Waals surface area contributed by atoms with E-state index in [1.54, 1.807) is 0 Å². The number of aryl methyl sites for hydroxylation is 2. The summed E-state index contributed by atoms with van der Waals surface area (Å²) in [5.74, 6) is 2.78. The van der Waals surface area contributed by atoms with E-state index < -0.39 is 0 Å². The molecule has 0 spiro atoms. The van der Waals surface area contributed by atoms with Gasteiger partial charge in [0, 0.05) is 38.7 Å². The number of nitrogens with one attached hydrogen (secondary N) is 3. The molecule has 0 bridgehead atoms. The van der Waals surface area contributed by atoms with Crippen molar-refractivity contribution in [2.75, 3.05) is 55.1 Å². The summed E-state index contributed by atoms with van der Waals surface area (Å²) < 4.78 is 3.26. The predicted octanol–water partition coefficient (Wildman–Crippen LogP) is 4.52. The maximum atomic E-state index is 10.1. The van der Waals surface area contributed by atoms with Crippen molar-refractivity contribution in [1.82, 2.24) is 14.5 Å². The molecule has 0 saturated carbocycles. The maximum absolute atomic E-state index is 10.1. The van der Waals surface area contributed by atoms with Gasteiger partial charge in [-0.15, -0.1) is 0 Å². The van der Waals surface area contributed by atoms with Gasteiger partial charge < -0.3 is 26.0 Å². The second kappa shape index (κ2) is 9.38.